The van der Waals surface area contributed by atoms with Gasteiger partial charge in [0, 0.05) is 18.3 Å². The Morgan fingerprint density at radius 3 is 2.21 bits per heavy atom. The predicted octanol–water partition coefficient (Wildman–Crippen LogP) is 2.16. The fourth-order valence-electron chi connectivity index (χ4n) is 1.41. The van der Waals surface area contributed by atoms with Crippen LogP contribution in [0.2, 0.25) is 0 Å². The monoisotopic (exact) mass is 297 g/mol. The largest absolute Gasteiger partial charge is 0.501 e. The van der Waals surface area contributed by atoms with Crippen LogP contribution in [-0.4, -0.2) is 31.7 Å². The highest BCUT2D eigenvalue weighted by molar-refractivity contribution is 7.92. The molecule has 1 atom stereocenters. The van der Waals surface area contributed by atoms with Crippen LogP contribution in [-0.2, 0) is 9.84 Å². The van der Waals surface area contributed by atoms with Crippen molar-refractivity contribution in [3.05, 3.63) is 24.3 Å². The molecule has 1 aromatic rings. The first-order valence-electron chi connectivity index (χ1n) is 5.47. The Labute approximate surface area is 109 Å². The molecule has 2 N–H and O–H groups in total. The molecule has 0 aromatic heterocycles. The van der Waals surface area contributed by atoms with E-state index in [1.807, 2.05) is 0 Å². The maximum atomic E-state index is 12.3. The average Bonchev–Trinajstić information content (AvgIpc) is 2.28. The molecule has 0 radical (unpaired) electrons. The van der Waals surface area contributed by atoms with Crippen molar-refractivity contribution in [2.45, 2.75) is 29.8 Å². The van der Waals surface area contributed by atoms with Gasteiger partial charge in [-0.3, -0.25) is 0 Å². The lowest BCUT2D eigenvalue weighted by molar-refractivity contribution is -0.0436. The summed E-state index contributed by atoms with van der Waals surface area (Å²) in [7, 11) is -5.30. The quantitative estimate of drug-likeness (QED) is 0.874. The highest BCUT2D eigenvalue weighted by Gasteiger charge is 2.46. The van der Waals surface area contributed by atoms with Gasteiger partial charge in [-0.2, -0.15) is 13.2 Å². The van der Waals surface area contributed by atoms with Gasteiger partial charge in [0.05, 0.1) is 4.90 Å². The zero-order valence-electron chi connectivity index (χ0n) is 10.1. The first-order valence-corrected chi connectivity index (χ1v) is 6.95. The lowest BCUT2D eigenvalue weighted by Gasteiger charge is -2.14. The molecule has 108 valence electrons. The van der Waals surface area contributed by atoms with E-state index in [9.17, 15) is 21.6 Å². The molecule has 0 saturated carbocycles. The van der Waals surface area contributed by atoms with E-state index in [-0.39, 0.29) is 12.6 Å². The normalized spacial score (nSPS) is 14.2. The molecule has 0 amide bonds. The SMILES string of the molecule is CC(CCO)Nc1ccc(S(=O)(=O)C(F)(F)F)cc1. The van der Waals surface area contributed by atoms with E-state index in [0.29, 0.717) is 12.1 Å². The van der Waals surface area contributed by atoms with Crippen molar-refractivity contribution in [2.75, 3.05) is 11.9 Å². The van der Waals surface area contributed by atoms with Crippen LogP contribution in [0.1, 0.15) is 13.3 Å². The molecule has 0 saturated heterocycles. The zero-order valence-corrected chi connectivity index (χ0v) is 10.9. The number of hydrogen-bond donors (Lipinski definition) is 2. The summed E-state index contributed by atoms with van der Waals surface area (Å²) in [6.45, 7) is 1.77. The summed E-state index contributed by atoms with van der Waals surface area (Å²) in [5.74, 6) is 0. The van der Waals surface area contributed by atoms with Crippen molar-refractivity contribution in [3.63, 3.8) is 0 Å². The molecule has 1 rings (SSSR count). The van der Waals surface area contributed by atoms with Crippen LogP contribution >= 0.6 is 0 Å². The second-order valence-electron chi connectivity index (χ2n) is 4.03. The zero-order chi connectivity index (χ0) is 14.7. The Morgan fingerprint density at radius 1 is 1.26 bits per heavy atom. The molecule has 0 bridgehead atoms. The van der Waals surface area contributed by atoms with Gasteiger partial charge in [0.15, 0.2) is 0 Å². The maximum Gasteiger partial charge on any atom is 0.501 e. The molecule has 0 fully saturated rings. The van der Waals surface area contributed by atoms with Crippen molar-refractivity contribution < 1.29 is 26.7 Å². The second-order valence-corrected chi connectivity index (χ2v) is 5.97. The van der Waals surface area contributed by atoms with E-state index in [2.05, 4.69) is 5.32 Å². The number of aliphatic hydroxyl groups excluding tert-OH is 1. The first-order chi connectivity index (χ1) is 8.68. The molecule has 0 aliphatic rings. The highest BCUT2D eigenvalue weighted by Crippen LogP contribution is 2.30. The molecule has 1 aromatic carbocycles. The molecule has 0 spiro atoms. The molecule has 4 nitrogen and oxygen atoms in total. The minimum atomic E-state index is -5.30. The van der Waals surface area contributed by atoms with E-state index >= 15 is 0 Å². The summed E-state index contributed by atoms with van der Waals surface area (Å²) in [5, 5.41) is 11.6. The van der Waals surface area contributed by atoms with Crippen molar-refractivity contribution in [3.8, 4) is 0 Å². The average molecular weight is 297 g/mol. The molecule has 0 aliphatic carbocycles. The van der Waals surface area contributed by atoms with Crippen LogP contribution in [0.4, 0.5) is 18.9 Å². The van der Waals surface area contributed by atoms with Crippen LogP contribution in [0.15, 0.2) is 29.2 Å². The van der Waals surface area contributed by atoms with Crippen LogP contribution in [0, 0.1) is 0 Å². The number of benzene rings is 1. The van der Waals surface area contributed by atoms with Gasteiger partial charge in [-0.1, -0.05) is 0 Å². The summed E-state index contributed by atoms with van der Waals surface area (Å²) in [6.07, 6.45) is 0.475. The van der Waals surface area contributed by atoms with Gasteiger partial charge in [0.25, 0.3) is 9.84 Å². The molecule has 8 heteroatoms. The minimum absolute atomic E-state index is 0.0191. The molecule has 1 unspecified atom stereocenters. The number of nitrogens with one attached hydrogen (secondary N) is 1. The summed E-state index contributed by atoms with van der Waals surface area (Å²) >= 11 is 0. The van der Waals surface area contributed by atoms with E-state index in [1.54, 1.807) is 6.92 Å². The van der Waals surface area contributed by atoms with Gasteiger partial charge in [0.2, 0.25) is 0 Å². The molecule has 0 heterocycles. The van der Waals surface area contributed by atoms with E-state index in [4.69, 9.17) is 5.11 Å². The van der Waals surface area contributed by atoms with Crippen molar-refractivity contribution in [1.29, 1.82) is 0 Å². The highest BCUT2D eigenvalue weighted by atomic mass is 32.2. The van der Waals surface area contributed by atoms with Gasteiger partial charge >= 0.3 is 5.51 Å². The first kappa shape index (κ1) is 15.8. The van der Waals surface area contributed by atoms with Gasteiger partial charge in [0.1, 0.15) is 0 Å². The number of halogens is 3. The van der Waals surface area contributed by atoms with E-state index in [1.165, 1.54) is 12.1 Å². The summed E-state index contributed by atoms with van der Waals surface area (Å²) in [4.78, 5) is -0.791. The van der Waals surface area contributed by atoms with Gasteiger partial charge in [-0.05, 0) is 37.6 Å². The smallest absolute Gasteiger partial charge is 0.396 e. The molecular formula is C11H14F3NO3S. The number of anilines is 1. The second kappa shape index (κ2) is 5.79. The van der Waals surface area contributed by atoms with Gasteiger partial charge < -0.3 is 10.4 Å². The van der Waals surface area contributed by atoms with Crippen molar-refractivity contribution >= 4 is 15.5 Å². The summed E-state index contributed by atoms with van der Waals surface area (Å²) in [6, 6.07) is 4.24. The van der Waals surface area contributed by atoms with Crippen LogP contribution in [0.3, 0.4) is 0 Å². The van der Waals surface area contributed by atoms with E-state index in [0.717, 1.165) is 12.1 Å². The third kappa shape index (κ3) is 3.84. The fourth-order valence-corrected chi connectivity index (χ4v) is 2.18. The standard InChI is InChI=1S/C11H14F3NO3S/c1-8(6-7-16)15-9-2-4-10(5-3-9)19(17,18)11(12,13)14/h2-5,8,15-16H,6-7H2,1H3. The summed E-state index contributed by atoms with van der Waals surface area (Å²) in [5.41, 5.74) is -4.81. The number of hydrogen-bond acceptors (Lipinski definition) is 4. The number of alkyl halides is 3. The number of sulfone groups is 1. The third-order valence-electron chi connectivity index (χ3n) is 2.44. The van der Waals surface area contributed by atoms with Gasteiger partial charge in [-0.15, -0.1) is 0 Å². The topological polar surface area (TPSA) is 66.4 Å². The maximum absolute atomic E-state index is 12.3. The minimum Gasteiger partial charge on any atom is -0.396 e. The lowest BCUT2D eigenvalue weighted by atomic mass is 10.2. The number of aliphatic hydroxyl groups is 1. The number of rotatable bonds is 5. The van der Waals surface area contributed by atoms with E-state index < -0.39 is 20.2 Å². The Hall–Kier alpha value is -1.28. The van der Waals surface area contributed by atoms with Crippen LogP contribution < -0.4 is 5.32 Å². The molecular weight excluding hydrogens is 283 g/mol. The predicted molar refractivity (Wildman–Crippen MR) is 64.5 cm³/mol. The fraction of sp³-hybridized carbons (Fsp3) is 0.455. The third-order valence-corrected chi connectivity index (χ3v) is 3.95. The van der Waals surface area contributed by atoms with Crippen LogP contribution in [0.25, 0.3) is 0 Å². The Bertz CT molecular complexity index is 511. The molecule has 19 heavy (non-hydrogen) atoms. The van der Waals surface area contributed by atoms with Crippen molar-refractivity contribution in [1.82, 2.24) is 0 Å². The van der Waals surface area contributed by atoms with Crippen LogP contribution in [0.5, 0.6) is 0 Å². The Balaban J connectivity index is 2.89. The summed E-state index contributed by atoms with van der Waals surface area (Å²) < 4.78 is 59.1. The van der Waals surface area contributed by atoms with Gasteiger partial charge in [-0.25, -0.2) is 8.42 Å². The van der Waals surface area contributed by atoms with Crippen molar-refractivity contribution in [2.24, 2.45) is 0 Å². The lowest BCUT2D eigenvalue weighted by Crippen LogP contribution is -2.23. The Kier molecular flexibility index (Phi) is 4.81. The molecule has 0 aliphatic heterocycles. The Morgan fingerprint density at radius 2 is 1.79 bits per heavy atom.